The Labute approximate surface area is 815 Å². The molecule has 13 nitrogen and oxygen atoms in total. The molecule has 0 saturated carbocycles. The number of hydrogen-bond acceptors (Lipinski definition) is 13. The minimum Gasteiger partial charge on any atom is -0.465 e. The molecule has 0 unspecified atom stereocenters. The second-order valence-corrected chi connectivity index (χ2v) is 41.6. The van der Waals surface area contributed by atoms with Crippen LogP contribution in [-0.4, -0.2) is 96.1 Å². The Kier molecular flexibility index (Phi) is 105. The van der Waals surface area contributed by atoms with Crippen LogP contribution in [0.5, 0.6) is 0 Å². The Morgan fingerprint density at radius 3 is 0.412 bits per heavy atom. The van der Waals surface area contributed by atoms with Gasteiger partial charge in [0, 0.05) is 38.7 Å². The SMILES string of the molecule is CCCCCCCCCCCCCCCCCOCOCC(COCC(COC(=O)CCCCCCCCCCCCCCCCC)(COC(=O)CCCCCCCCCCCCCCCCC)COC(=O)CCCCCCCCCCCCCCCCC)(COC(=O)CCCCCCCCCCCCCCCCC)COC(=O)CCCCCCCCCCCCCCCCC. The molecule has 778 valence electrons. The molecule has 0 fully saturated rings. The van der Waals surface area contributed by atoms with E-state index in [1.807, 2.05) is 0 Å². The Hall–Kier alpha value is -2.77. The number of rotatable bonds is 114. The summed E-state index contributed by atoms with van der Waals surface area (Å²) in [5, 5.41) is 0. The van der Waals surface area contributed by atoms with Crippen LogP contribution in [0.2, 0.25) is 0 Å². The molecular weight excluding hydrogens is 1630 g/mol. The van der Waals surface area contributed by atoms with Gasteiger partial charge in [-0.25, -0.2) is 0 Å². The Morgan fingerprint density at radius 2 is 0.260 bits per heavy atom. The van der Waals surface area contributed by atoms with Gasteiger partial charge in [0.15, 0.2) is 0 Å². The summed E-state index contributed by atoms with van der Waals surface area (Å²) in [6.45, 7) is 13.0. The van der Waals surface area contributed by atoms with Crippen LogP contribution < -0.4 is 0 Å². The largest absolute Gasteiger partial charge is 0.465 e. The fourth-order valence-electron chi connectivity index (χ4n) is 18.7. The molecule has 0 aliphatic carbocycles. The highest BCUT2D eigenvalue weighted by atomic mass is 16.7. The molecule has 0 aromatic heterocycles. The van der Waals surface area contributed by atoms with Crippen molar-refractivity contribution in [3.63, 3.8) is 0 Å². The quantitative estimate of drug-likeness (QED) is 0.0245. The lowest BCUT2D eigenvalue weighted by Gasteiger charge is -2.36. The van der Waals surface area contributed by atoms with Gasteiger partial charge < -0.3 is 37.9 Å². The van der Waals surface area contributed by atoms with E-state index < -0.39 is 10.8 Å². The average Bonchev–Trinajstić information content (AvgIpc) is 0.839. The molecule has 0 rings (SSSR count). The monoisotopic (exact) mass is 1850 g/mol. The van der Waals surface area contributed by atoms with Crippen LogP contribution in [0.15, 0.2) is 0 Å². The lowest BCUT2D eigenvalue weighted by atomic mass is 9.90. The van der Waals surface area contributed by atoms with Gasteiger partial charge in [-0.3, -0.25) is 24.0 Å². The van der Waals surface area contributed by atoms with E-state index in [1.165, 1.54) is 437 Å². The van der Waals surface area contributed by atoms with Crippen molar-refractivity contribution >= 4 is 29.8 Å². The second-order valence-electron chi connectivity index (χ2n) is 41.6. The van der Waals surface area contributed by atoms with Gasteiger partial charge in [-0.1, -0.05) is 581 Å². The van der Waals surface area contributed by atoms with E-state index in [-0.39, 0.29) is 122 Å². The van der Waals surface area contributed by atoms with Crippen LogP contribution in [0.4, 0.5) is 0 Å². The minimum absolute atomic E-state index is 0.00956. The highest BCUT2D eigenvalue weighted by Gasteiger charge is 2.41. The van der Waals surface area contributed by atoms with Crippen molar-refractivity contribution in [2.24, 2.45) is 10.8 Å². The summed E-state index contributed by atoms with van der Waals surface area (Å²) in [5.74, 6) is -1.71. The van der Waals surface area contributed by atoms with Crippen LogP contribution in [0.3, 0.4) is 0 Å². The van der Waals surface area contributed by atoms with E-state index in [1.54, 1.807) is 0 Å². The van der Waals surface area contributed by atoms with Crippen molar-refractivity contribution in [2.75, 3.05) is 66.3 Å². The molecule has 0 radical (unpaired) electrons. The topological polar surface area (TPSA) is 159 Å². The molecule has 0 amide bonds. The van der Waals surface area contributed by atoms with Gasteiger partial charge in [-0.05, 0) is 38.5 Å². The van der Waals surface area contributed by atoms with Gasteiger partial charge >= 0.3 is 29.8 Å². The molecule has 0 aliphatic heterocycles. The van der Waals surface area contributed by atoms with E-state index in [4.69, 9.17) is 37.9 Å². The molecule has 0 aromatic carbocycles. The lowest BCUT2D eigenvalue weighted by molar-refractivity contribution is -0.177. The summed E-state index contributed by atoms with van der Waals surface area (Å²) in [7, 11) is 0. The second kappa shape index (κ2) is 108. The molecule has 0 atom stereocenters. The summed E-state index contributed by atoms with van der Waals surface area (Å²) in [5.41, 5.74) is -2.53. The fraction of sp³-hybridized carbons (Fsp3) is 0.958. The lowest BCUT2D eigenvalue weighted by Crippen LogP contribution is -2.47. The standard InChI is InChI=1S/C118H228O13/c1-7-13-19-25-31-37-43-49-55-61-67-73-79-85-91-97-112(119)127-106-117(105-126-111-124-102-96-90-84-78-72-66-60-54-48-42-36-30-24-18-12-6,107-128-113(120)98-92-86-80-74-68-62-56-50-44-38-32-26-20-14-8-2)103-125-104-118(108-129-114(121)99-93-87-81-75-69-63-57-51-45-39-33-27-21-15-9-3,109-130-115(122)100-94-88-82-76-70-64-58-52-46-40-34-28-22-16-10-4)110-131-116(123)101-95-89-83-77-71-65-59-53-47-41-35-29-23-17-11-5/h7-111H2,1-6H3. The van der Waals surface area contributed by atoms with E-state index in [0.717, 1.165) is 122 Å². The van der Waals surface area contributed by atoms with Gasteiger partial charge in [0.2, 0.25) is 0 Å². The number of carbonyl (C=O) groups is 5. The number of ether oxygens (including phenoxy) is 8. The summed E-state index contributed by atoms with van der Waals surface area (Å²) in [6, 6.07) is 0. The average molecular weight is 1860 g/mol. The highest BCUT2D eigenvalue weighted by Crippen LogP contribution is 2.30. The molecular formula is C118H228O13. The van der Waals surface area contributed by atoms with Crippen LogP contribution >= 0.6 is 0 Å². The molecule has 0 heterocycles. The predicted octanol–water partition coefficient (Wildman–Crippen LogP) is 37.9. The third-order valence-electron chi connectivity index (χ3n) is 27.9. The number of hydrogen-bond donors (Lipinski definition) is 0. The zero-order valence-electron chi connectivity index (χ0n) is 89.1. The molecule has 0 N–H and O–H groups in total. The number of carbonyl (C=O) groups excluding carboxylic acids is 5. The fourth-order valence-corrected chi connectivity index (χ4v) is 18.7. The molecule has 0 bridgehead atoms. The van der Waals surface area contributed by atoms with Crippen molar-refractivity contribution in [3.05, 3.63) is 0 Å². The van der Waals surface area contributed by atoms with Crippen molar-refractivity contribution in [1.82, 2.24) is 0 Å². The molecule has 0 spiro atoms. The Morgan fingerprint density at radius 1 is 0.137 bits per heavy atom. The van der Waals surface area contributed by atoms with Crippen LogP contribution in [0, 0.1) is 10.8 Å². The van der Waals surface area contributed by atoms with E-state index in [0.29, 0.717) is 25.9 Å². The van der Waals surface area contributed by atoms with Gasteiger partial charge in [-0.2, -0.15) is 0 Å². The molecule has 0 saturated heterocycles. The summed E-state index contributed by atoms with van der Waals surface area (Å²) < 4.78 is 51.3. The normalized spacial score (nSPS) is 11.8. The number of esters is 5. The molecule has 0 aliphatic rings. The first-order valence-electron chi connectivity index (χ1n) is 59.1. The zero-order valence-corrected chi connectivity index (χ0v) is 89.1. The van der Waals surface area contributed by atoms with Crippen molar-refractivity contribution in [2.45, 2.75) is 652 Å². The van der Waals surface area contributed by atoms with E-state index in [2.05, 4.69) is 41.5 Å². The summed E-state index contributed by atoms with van der Waals surface area (Å²) in [6.07, 6.45) is 113. The Bertz CT molecular complexity index is 2120. The first kappa shape index (κ1) is 128. The minimum atomic E-state index is -1.32. The maximum absolute atomic E-state index is 14.2. The first-order valence-corrected chi connectivity index (χ1v) is 59.1. The van der Waals surface area contributed by atoms with Crippen LogP contribution in [-0.2, 0) is 61.9 Å². The van der Waals surface area contributed by atoms with E-state index in [9.17, 15) is 24.0 Å². The van der Waals surface area contributed by atoms with Gasteiger partial charge in [0.05, 0.1) is 30.7 Å². The van der Waals surface area contributed by atoms with Crippen molar-refractivity contribution in [1.29, 1.82) is 0 Å². The van der Waals surface area contributed by atoms with E-state index >= 15 is 0 Å². The first-order chi connectivity index (χ1) is 64.5. The highest BCUT2D eigenvalue weighted by molar-refractivity contribution is 5.71. The van der Waals surface area contributed by atoms with Crippen LogP contribution in [0.25, 0.3) is 0 Å². The third-order valence-corrected chi connectivity index (χ3v) is 27.9. The smallest absolute Gasteiger partial charge is 0.305 e. The maximum Gasteiger partial charge on any atom is 0.305 e. The molecule has 131 heavy (non-hydrogen) atoms. The summed E-state index contributed by atoms with van der Waals surface area (Å²) >= 11 is 0. The molecule has 13 heteroatoms. The zero-order chi connectivity index (χ0) is 94.8. The molecule has 0 aromatic rings. The van der Waals surface area contributed by atoms with Gasteiger partial charge in [0.25, 0.3) is 0 Å². The number of unbranched alkanes of at least 4 members (excludes halogenated alkanes) is 84. The van der Waals surface area contributed by atoms with Crippen molar-refractivity contribution < 1.29 is 61.9 Å². The van der Waals surface area contributed by atoms with Gasteiger partial charge in [0.1, 0.15) is 39.8 Å². The maximum atomic E-state index is 14.2. The van der Waals surface area contributed by atoms with Crippen LogP contribution in [0.1, 0.15) is 652 Å². The summed E-state index contributed by atoms with van der Waals surface area (Å²) in [4.78, 5) is 70.8. The van der Waals surface area contributed by atoms with Crippen molar-refractivity contribution in [3.8, 4) is 0 Å². The van der Waals surface area contributed by atoms with Gasteiger partial charge in [-0.15, -0.1) is 0 Å². The third kappa shape index (κ3) is 98.6. The predicted molar refractivity (Wildman–Crippen MR) is 560 cm³/mol. The Balaban J connectivity index is 7.14.